The van der Waals surface area contributed by atoms with Crippen molar-refractivity contribution in [3.63, 3.8) is 0 Å². The van der Waals surface area contributed by atoms with E-state index in [1.54, 1.807) is 6.07 Å². The van der Waals surface area contributed by atoms with E-state index in [0.717, 1.165) is 13.0 Å². The topological polar surface area (TPSA) is 57.5 Å². The SMILES string of the molecule is C=CCOC(=O)c1ccn2c1C(C(=O)OCC=C)CCC2. The smallest absolute Gasteiger partial charge is 0.340 e. The number of aromatic nitrogens is 1. The maximum atomic E-state index is 12.2. The molecule has 1 aromatic heterocycles. The van der Waals surface area contributed by atoms with Gasteiger partial charge in [0.2, 0.25) is 0 Å². The second-order valence-corrected chi connectivity index (χ2v) is 4.81. The molecule has 1 aliphatic heterocycles. The van der Waals surface area contributed by atoms with Gasteiger partial charge in [-0.05, 0) is 18.9 Å². The Kier molecular flexibility index (Phi) is 4.98. The van der Waals surface area contributed by atoms with Crippen molar-refractivity contribution in [2.75, 3.05) is 13.2 Å². The summed E-state index contributed by atoms with van der Waals surface area (Å²) in [5.41, 5.74) is 1.11. The van der Waals surface area contributed by atoms with Gasteiger partial charge in [-0.2, -0.15) is 0 Å². The summed E-state index contributed by atoms with van der Waals surface area (Å²) in [5, 5.41) is 0. The van der Waals surface area contributed by atoms with E-state index in [4.69, 9.17) is 9.47 Å². The Labute approximate surface area is 123 Å². The second-order valence-electron chi connectivity index (χ2n) is 4.81. The van der Waals surface area contributed by atoms with E-state index >= 15 is 0 Å². The summed E-state index contributed by atoms with van der Waals surface area (Å²) < 4.78 is 12.1. The number of ether oxygens (including phenoxy) is 2. The standard InChI is InChI=1S/C16H19NO4/c1-3-10-20-15(18)12-6-5-8-17-9-7-13(14(12)17)16(19)21-11-4-2/h3-4,7,9,12H,1-2,5-6,8,10-11H2. The number of hydrogen-bond acceptors (Lipinski definition) is 4. The first kappa shape index (κ1) is 15.1. The zero-order valence-corrected chi connectivity index (χ0v) is 11.9. The van der Waals surface area contributed by atoms with Crippen molar-refractivity contribution in [1.29, 1.82) is 0 Å². The van der Waals surface area contributed by atoms with Crippen molar-refractivity contribution >= 4 is 11.9 Å². The molecule has 1 atom stereocenters. The Hall–Kier alpha value is -2.30. The van der Waals surface area contributed by atoms with Crippen LogP contribution in [0.4, 0.5) is 0 Å². The first-order chi connectivity index (χ1) is 10.2. The van der Waals surface area contributed by atoms with Crippen LogP contribution in [0.1, 0.15) is 34.8 Å². The van der Waals surface area contributed by atoms with Crippen LogP contribution in [0.25, 0.3) is 0 Å². The summed E-state index contributed by atoms with van der Waals surface area (Å²) in [5.74, 6) is -1.20. The third-order valence-corrected chi connectivity index (χ3v) is 3.41. The lowest BCUT2D eigenvalue weighted by atomic mass is 9.93. The number of carbonyl (C=O) groups excluding carboxylic acids is 2. The minimum atomic E-state index is -0.438. The van der Waals surface area contributed by atoms with Crippen LogP contribution in [0.2, 0.25) is 0 Å². The van der Waals surface area contributed by atoms with Gasteiger partial charge in [0.15, 0.2) is 0 Å². The number of carbonyl (C=O) groups is 2. The maximum Gasteiger partial charge on any atom is 0.340 e. The van der Waals surface area contributed by atoms with Gasteiger partial charge in [0, 0.05) is 18.4 Å². The van der Waals surface area contributed by atoms with Crippen LogP contribution in [-0.4, -0.2) is 29.7 Å². The van der Waals surface area contributed by atoms with Crippen molar-refractivity contribution in [1.82, 2.24) is 4.57 Å². The molecule has 1 aliphatic rings. The van der Waals surface area contributed by atoms with Crippen LogP contribution in [-0.2, 0) is 20.8 Å². The number of rotatable bonds is 6. The monoisotopic (exact) mass is 289 g/mol. The van der Waals surface area contributed by atoms with Gasteiger partial charge in [-0.1, -0.05) is 25.3 Å². The van der Waals surface area contributed by atoms with E-state index in [2.05, 4.69) is 13.2 Å². The average molecular weight is 289 g/mol. The second kappa shape index (κ2) is 6.92. The molecule has 2 rings (SSSR count). The predicted octanol–water partition coefficient (Wildman–Crippen LogP) is 2.44. The molecule has 0 N–H and O–H groups in total. The van der Waals surface area contributed by atoms with Gasteiger partial charge < -0.3 is 14.0 Å². The predicted molar refractivity (Wildman–Crippen MR) is 78.0 cm³/mol. The summed E-state index contributed by atoms with van der Waals surface area (Å²) in [7, 11) is 0. The van der Waals surface area contributed by atoms with Crippen molar-refractivity contribution in [3.05, 3.63) is 48.8 Å². The normalized spacial score (nSPS) is 16.7. The molecule has 0 spiro atoms. The third kappa shape index (κ3) is 3.24. The average Bonchev–Trinajstić information content (AvgIpc) is 2.94. The molecule has 1 unspecified atom stereocenters. The van der Waals surface area contributed by atoms with Crippen LogP contribution < -0.4 is 0 Å². The van der Waals surface area contributed by atoms with Crippen molar-refractivity contribution < 1.29 is 19.1 Å². The first-order valence-corrected chi connectivity index (χ1v) is 6.93. The molecular weight excluding hydrogens is 270 g/mol. The van der Waals surface area contributed by atoms with E-state index in [-0.39, 0.29) is 19.2 Å². The fourth-order valence-corrected chi connectivity index (χ4v) is 2.53. The quantitative estimate of drug-likeness (QED) is 0.596. The van der Waals surface area contributed by atoms with Crippen LogP contribution in [0.3, 0.4) is 0 Å². The number of nitrogens with zero attached hydrogens (tertiary/aromatic N) is 1. The van der Waals surface area contributed by atoms with Crippen LogP contribution in [0.5, 0.6) is 0 Å². The van der Waals surface area contributed by atoms with Crippen LogP contribution in [0, 0.1) is 0 Å². The van der Waals surface area contributed by atoms with E-state index in [1.807, 2.05) is 10.8 Å². The fraction of sp³-hybridized carbons (Fsp3) is 0.375. The molecule has 0 aromatic carbocycles. The highest BCUT2D eigenvalue weighted by Gasteiger charge is 2.32. The lowest BCUT2D eigenvalue weighted by Crippen LogP contribution is -2.25. The molecule has 21 heavy (non-hydrogen) atoms. The maximum absolute atomic E-state index is 12.2. The van der Waals surface area contributed by atoms with Gasteiger partial charge in [-0.15, -0.1) is 0 Å². The van der Waals surface area contributed by atoms with Crippen molar-refractivity contribution in [3.8, 4) is 0 Å². The van der Waals surface area contributed by atoms with Gasteiger partial charge in [0.05, 0.1) is 11.5 Å². The van der Waals surface area contributed by atoms with Crippen molar-refractivity contribution in [2.45, 2.75) is 25.3 Å². The fourth-order valence-electron chi connectivity index (χ4n) is 2.53. The molecule has 0 amide bonds. The van der Waals surface area contributed by atoms with Crippen LogP contribution >= 0.6 is 0 Å². The Morgan fingerprint density at radius 3 is 2.71 bits per heavy atom. The molecule has 0 saturated carbocycles. The number of esters is 2. The lowest BCUT2D eigenvalue weighted by molar-refractivity contribution is -0.144. The van der Waals surface area contributed by atoms with Gasteiger partial charge in [-0.3, -0.25) is 4.79 Å². The molecular formula is C16H19NO4. The van der Waals surface area contributed by atoms with Gasteiger partial charge in [-0.25, -0.2) is 4.79 Å². The first-order valence-electron chi connectivity index (χ1n) is 6.93. The Balaban J connectivity index is 2.25. The molecule has 2 heterocycles. The third-order valence-electron chi connectivity index (χ3n) is 3.41. The zero-order valence-electron chi connectivity index (χ0n) is 11.9. The largest absolute Gasteiger partial charge is 0.461 e. The molecule has 0 aliphatic carbocycles. The molecule has 0 saturated heterocycles. The number of fused-ring (bicyclic) bond motifs is 1. The number of hydrogen-bond donors (Lipinski definition) is 0. The highest BCUT2D eigenvalue weighted by Crippen LogP contribution is 2.32. The van der Waals surface area contributed by atoms with Gasteiger partial charge in [0.25, 0.3) is 0 Å². The minimum Gasteiger partial charge on any atom is -0.461 e. The van der Waals surface area contributed by atoms with E-state index in [1.165, 1.54) is 12.2 Å². The zero-order chi connectivity index (χ0) is 15.2. The molecule has 1 aromatic rings. The van der Waals surface area contributed by atoms with Gasteiger partial charge >= 0.3 is 11.9 Å². The molecule has 112 valence electrons. The summed E-state index contributed by atoms with van der Waals surface area (Å²) in [6.07, 6.45) is 6.39. The Morgan fingerprint density at radius 2 is 2.00 bits per heavy atom. The van der Waals surface area contributed by atoms with Crippen LogP contribution in [0.15, 0.2) is 37.6 Å². The molecule has 0 fully saturated rings. The molecule has 0 radical (unpaired) electrons. The summed E-state index contributed by atoms with van der Waals surface area (Å²) in [6.45, 7) is 8.15. The highest BCUT2D eigenvalue weighted by atomic mass is 16.5. The molecule has 0 bridgehead atoms. The van der Waals surface area contributed by atoms with E-state index in [0.29, 0.717) is 17.7 Å². The Bertz CT molecular complexity index is 559. The summed E-state index contributed by atoms with van der Waals surface area (Å²) >= 11 is 0. The van der Waals surface area contributed by atoms with E-state index in [9.17, 15) is 9.59 Å². The molecule has 5 nitrogen and oxygen atoms in total. The number of aryl methyl sites for hydroxylation is 1. The summed E-state index contributed by atoms with van der Waals surface area (Å²) in [6, 6.07) is 1.69. The Morgan fingerprint density at radius 1 is 1.29 bits per heavy atom. The highest BCUT2D eigenvalue weighted by molar-refractivity contribution is 5.93. The van der Waals surface area contributed by atoms with Gasteiger partial charge in [0.1, 0.15) is 13.2 Å². The van der Waals surface area contributed by atoms with Crippen molar-refractivity contribution in [2.24, 2.45) is 0 Å². The van der Waals surface area contributed by atoms with E-state index < -0.39 is 11.9 Å². The molecule has 5 heteroatoms. The minimum absolute atomic E-state index is 0.148. The summed E-state index contributed by atoms with van der Waals surface area (Å²) in [4.78, 5) is 24.2. The lowest BCUT2D eigenvalue weighted by Gasteiger charge is -2.24.